The molecule has 8 nitrogen and oxygen atoms in total. The Morgan fingerprint density at radius 1 is 1.03 bits per heavy atom. The van der Waals surface area contributed by atoms with Crippen molar-refractivity contribution in [1.29, 1.82) is 5.26 Å². The molecule has 1 saturated heterocycles. The fourth-order valence-corrected chi connectivity index (χ4v) is 5.14. The second-order valence-electron chi connectivity index (χ2n) is 11.8. The number of anilines is 4. The van der Waals surface area contributed by atoms with Crippen LogP contribution in [0.3, 0.4) is 0 Å². The highest BCUT2D eigenvalue weighted by Gasteiger charge is 2.35. The van der Waals surface area contributed by atoms with Gasteiger partial charge in [0.1, 0.15) is 5.52 Å². The average Bonchev–Trinajstić information content (AvgIpc) is 3.25. The molecule has 196 valence electrons. The first kappa shape index (κ1) is 25.5. The van der Waals surface area contributed by atoms with Gasteiger partial charge in [-0.05, 0) is 67.6 Å². The van der Waals surface area contributed by atoms with Gasteiger partial charge in [-0.15, -0.1) is 0 Å². The Morgan fingerprint density at radius 2 is 1.76 bits per heavy atom. The summed E-state index contributed by atoms with van der Waals surface area (Å²) in [6.07, 6.45) is 1.79. The zero-order chi connectivity index (χ0) is 27.2. The van der Waals surface area contributed by atoms with Crippen LogP contribution in [0.5, 0.6) is 0 Å². The summed E-state index contributed by atoms with van der Waals surface area (Å²) < 4.78 is 1.97. The summed E-state index contributed by atoms with van der Waals surface area (Å²) in [5, 5.41) is 12.8. The Labute approximate surface area is 225 Å². The third-order valence-electron chi connectivity index (χ3n) is 7.41. The van der Waals surface area contributed by atoms with E-state index in [0.717, 1.165) is 47.9 Å². The fraction of sp³-hybridized carbons (Fsp3) is 0.400. The highest BCUT2D eigenvalue weighted by atomic mass is 15.4. The van der Waals surface area contributed by atoms with Crippen LogP contribution in [0.15, 0.2) is 48.8 Å². The van der Waals surface area contributed by atoms with Crippen molar-refractivity contribution in [2.75, 3.05) is 34.8 Å². The standard InChI is InChI=1S/C30H36N8/c1-20-8-11-22(29(2,3)4)16-24(20)33-27-25-26(32-19-36(25)7)34-28(35-27)37-14-15-38(30(5,6)18-37)23-12-9-21(17-31)10-13-23/h8-13,16,19H,14-15,18H2,1-7H3,(H,33,34,35). The maximum Gasteiger partial charge on any atom is 0.229 e. The fourth-order valence-electron chi connectivity index (χ4n) is 5.14. The maximum absolute atomic E-state index is 9.16. The lowest BCUT2D eigenvalue weighted by Gasteiger charge is -2.48. The summed E-state index contributed by atoms with van der Waals surface area (Å²) in [5.41, 5.74) is 6.69. The number of imidazole rings is 1. The molecule has 0 bridgehead atoms. The minimum Gasteiger partial charge on any atom is -0.363 e. The summed E-state index contributed by atoms with van der Waals surface area (Å²) in [7, 11) is 1.97. The minimum absolute atomic E-state index is 0.0446. The smallest absolute Gasteiger partial charge is 0.229 e. The monoisotopic (exact) mass is 508 g/mol. The predicted molar refractivity (Wildman–Crippen MR) is 154 cm³/mol. The number of nitriles is 1. The van der Waals surface area contributed by atoms with Crippen LogP contribution in [0.2, 0.25) is 0 Å². The van der Waals surface area contributed by atoms with Crippen LogP contribution in [0.4, 0.5) is 23.1 Å². The molecule has 38 heavy (non-hydrogen) atoms. The van der Waals surface area contributed by atoms with Crippen molar-refractivity contribution in [2.24, 2.45) is 7.05 Å². The molecule has 0 aliphatic carbocycles. The van der Waals surface area contributed by atoms with E-state index in [4.69, 9.17) is 15.2 Å². The molecule has 5 rings (SSSR count). The van der Waals surface area contributed by atoms with Crippen molar-refractivity contribution >= 4 is 34.3 Å². The summed E-state index contributed by atoms with van der Waals surface area (Å²) in [6.45, 7) is 15.6. The van der Waals surface area contributed by atoms with Crippen LogP contribution in [0.1, 0.15) is 51.3 Å². The van der Waals surface area contributed by atoms with Gasteiger partial charge in [0.15, 0.2) is 11.5 Å². The van der Waals surface area contributed by atoms with Gasteiger partial charge in [-0.25, -0.2) is 4.98 Å². The second kappa shape index (κ2) is 9.32. The Hall–Kier alpha value is -4.12. The van der Waals surface area contributed by atoms with Crippen LogP contribution in [-0.4, -0.2) is 44.7 Å². The molecule has 1 aliphatic rings. The molecule has 2 aromatic carbocycles. The number of hydrogen-bond donors (Lipinski definition) is 1. The van der Waals surface area contributed by atoms with E-state index in [0.29, 0.717) is 17.2 Å². The van der Waals surface area contributed by atoms with Crippen LogP contribution < -0.4 is 15.1 Å². The van der Waals surface area contributed by atoms with E-state index in [-0.39, 0.29) is 11.0 Å². The average molecular weight is 509 g/mol. The number of piperazine rings is 1. The van der Waals surface area contributed by atoms with Crippen LogP contribution in [-0.2, 0) is 12.5 Å². The quantitative estimate of drug-likeness (QED) is 0.379. The molecule has 2 aromatic heterocycles. The molecule has 0 radical (unpaired) electrons. The molecule has 1 N–H and O–H groups in total. The van der Waals surface area contributed by atoms with Crippen LogP contribution in [0, 0.1) is 18.3 Å². The van der Waals surface area contributed by atoms with E-state index >= 15 is 0 Å². The second-order valence-corrected chi connectivity index (χ2v) is 11.8. The van der Waals surface area contributed by atoms with Crippen molar-refractivity contribution in [3.63, 3.8) is 0 Å². The number of nitrogens with zero attached hydrogens (tertiary/aromatic N) is 7. The topological polar surface area (TPSA) is 85.9 Å². The van der Waals surface area contributed by atoms with Gasteiger partial charge >= 0.3 is 0 Å². The maximum atomic E-state index is 9.16. The third kappa shape index (κ3) is 4.76. The lowest BCUT2D eigenvalue weighted by molar-refractivity contribution is 0.412. The van der Waals surface area contributed by atoms with Crippen LogP contribution in [0.25, 0.3) is 11.2 Å². The van der Waals surface area contributed by atoms with Gasteiger partial charge in [0.2, 0.25) is 5.95 Å². The molecule has 0 saturated carbocycles. The zero-order valence-electron chi connectivity index (χ0n) is 23.4. The summed E-state index contributed by atoms with van der Waals surface area (Å²) in [4.78, 5) is 19.2. The first-order chi connectivity index (χ1) is 18.0. The van der Waals surface area contributed by atoms with Gasteiger partial charge in [0, 0.05) is 38.1 Å². The number of fused-ring (bicyclic) bond motifs is 1. The van der Waals surface area contributed by atoms with Gasteiger partial charge < -0.3 is 19.7 Å². The number of aromatic nitrogens is 4. The normalized spacial score (nSPS) is 15.5. The number of aryl methyl sites for hydroxylation is 2. The lowest BCUT2D eigenvalue weighted by Crippen LogP contribution is -2.60. The highest BCUT2D eigenvalue weighted by Crippen LogP contribution is 2.33. The molecule has 4 aromatic rings. The first-order valence-electron chi connectivity index (χ1n) is 13.1. The lowest BCUT2D eigenvalue weighted by atomic mass is 9.86. The minimum atomic E-state index is -0.167. The largest absolute Gasteiger partial charge is 0.363 e. The van der Waals surface area contributed by atoms with Crippen molar-refractivity contribution in [1.82, 2.24) is 19.5 Å². The van der Waals surface area contributed by atoms with Gasteiger partial charge in [-0.3, -0.25) is 0 Å². The summed E-state index contributed by atoms with van der Waals surface area (Å²) >= 11 is 0. The summed E-state index contributed by atoms with van der Waals surface area (Å²) in [6, 6.07) is 16.6. The van der Waals surface area contributed by atoms with E-state index in [1.165, 1.54) is 5.56 Å². The van der Waals surface area contributed by atoms with Crippen molar-refractivity contribution in [2.45, 2.75) is 52.5 Å². The van der Waals surface area contributed by atoms with Gasteiger partial charge in [-0.2, -0.15) is 15.2 Å². The molecule has 0 atom stereocenters. The molecular weight excluding hydrogens is 472 g/mol. The van der Waals surface area contributed by atoms with E-state index in [1.54, 1.807) is 6.33 Å². The number of nitrogens with one attached hydrogen (secondary N) is 1. The molecular formula is C30H36N8. The molecule has 0 amide bonds. The molecule has 1 fully saturated rings. The predicted octanol–water partition coefficient (Wildman–Crippen LogP) is 5.69. The Bertz CT molecular complexity index is 1520. The summed E-state index contributed by atoms with van der Waals surface area (Å²) in [5.74, 6) is 1.43. The zero-order valence-corrected chi connectivity index (χ0v) is 23.4. The number of benzene rings is 2. The van der Waals surface area contributed by atoms with E-state index < -0.39 is 0 Å². The van der Waals surface area contributed by atoms with Crippen molar-refractivity contribution in [3.05, 3.63) is 65.5 Å². The van der Waals surface area contributed by atoms with Crippen LogP contribution >= 0.6 is 0 Å². The van der Waals surface area contributed by atoms with E-state index in [1.807, 2.05) is 35.9 Å². The molecule has 8 heteroatoms. The van der Waals surface area contributed by atoms with Crippen molar-refractivity contribution in [3.8, 4) is 6.07 Å². The van der Waals surface area contributed by atoms with E-state index in [2.05, 4.69) is 85.9 Å². The van der Waals surface area contributed by atoms with E-state index in [9.17, 15) is 0 Å². The molecule has 3 heterocycles. The molecule has 0 spiro atoms. The Morgan fingerprint density at radius 3 is 2.42 bits per heavy atom. The Balaban J connectivity index is 1.48. The van der Waals surface area contributed by atoms with Gasteiger partial charge in [0.25, 0.3) is 0 Å². The third-order valence-corrected chi connectivity index (χ3v) is 7.41. The Kier molecular flexibility index (Phi) is 6.26. The number of hydrogen-bond acceptors (Lipinski definition) is 7. The first-order valence-corrected chi connectivity index (χ1v) is 13.1. The highest BCUT2D eigenvalue weighted by molar-refractivity contribution is 5.87. The van der Waals surface area contributed by atoms with Crippen molar-refractivity contribution < 1.29 is 0 Å². The SMILES string of the molecule is Cc1ccc(C(C)(C)C)cc1Nc1nc(N2CCN(c3ccc(C#N)cc3)C(C)(C)C2)nc2ncn(C)c12. The number of rotatable bonds is 4. The molecule has 0 unspecified atom stereocenters. The molecule has 1 aliphatic heterocycles. The van der Waals surface area contributed by atoms with Gasteiger partial charge in [-0.1, -0.05) is 32.9 Å². The van der Waals surface area contributed by atoms with Gasteiger partial charge in [0.05, 0.1) is 23.5 Å².